The van der Waals surface area contributed by atoms with Crippen molar-refractivity contribution in [3.8, 4) is 0 Å². The van der Waals surface area contributed by atoms with Crippen LogP contribution in [-0.2, 0) is 0 Å². The third-order valence-electron chi connectivity index (χ3n) is 3.09. The van der Waals surface area contributed by atoms with E-state index in [1.54, 1.807) is 24.3 Å². The molecule has 9 N–H and O–H groups in total. The van der Waals surface area contributed by atoms with Gasteiger partial charge in [-0.2, -0.15) is 5.48 Å². The topological polar surface area (TPSA) is 157 Å². The first-order valence-electron chi connectivity index (χ1n) is 8.88. The maximum absolute atomic E-state index is 11.9. The molecule has 0 heterocycles. The standard InChI is InChI=1S/C15H16N6O3.2C2H6/c16-8-10-7-11(4-5-13(10)17)18-15(23)20-19-14(22)9-2-1-3-12(6-9)21-24;2*1-2/h1-8,16,21,24H,17H2,(H,19,22)(H2,18,20,23);2*1-2H3/p+1. The zero-order chi connectivity index (χ0) is 21.5. The van der Waals surface area contributed by atoms with E-state index in [-0.39, 0.29) is 5.56 Å². The molecular weight excluding hydrogens is 360 g/mol. The van der Waals surface area contributed by atoms with Gasteiger partial charge < -0.3 is 16.5 Å². The second kappa shape index (κ2) is 13.7. The molecule has 2 aromatic rings. The van der Waals surface area contributed by atoms with E-state index >= 15 is 0 Å². The van der Waals surface area contributed by atoms with Crippen molar-refractivity contribution in [2.45, 2.75) is 27.7 Å². The zero-order valence-corrected chi connectivity index (χ0v) is 16.5. The van der Waals surface area contributed by atoms with E-state index in [1.807, 2.05) is 27.7 Å². The van der Waals surface area contributed by atoms with Gasteiger partial charge in [0.1, 0.15) is 0 Å². The molecule has 28 heavy (non-hydrogen) atoms. The Hall–Kier alpha value is -3.43. The highest BCUT2D eigenvalue weighted by Gasteiger charge is 2.09. The molecule has 9 nitrogen and oxygen atoms in total. The van der Waals surface area contributed by atoms with Crippen LogP contribution in [0.5, 0.6) is 0 Å². The molecule has 0 spiro atoms. The molecule has 0 saturated heterocycles. The molecule has 0 aliphatic rings. The van der Waals surface area contributed by atoms with Gasteiger partial charge in [0.15, 0.2) is 5.69 Å². The lowest BCUT2D eigenvalue weighted by molar-refractivity contribution is -0.825. The van der Waals surface area contributed by atoms with E-state index in [1.165, 1.54) is 18.2 Å². The van der Waals surface area contributed by atoms with Crippen LogP contribution in [0.2, 0.25) is 0 Å². The summed E-state index contributed by atoms with van der Waals surface area (Å²) in [6.45, 7) is 8.00. The van der Waals surface area contributed by atoms with Crippen LogP contribution < -0.4 is 27.4 Å². The molecule has 2 rings (SSSR count). The summed E-state index contributed by atoms with van der Waals surface area (Å²) in [7, 11) is 0. The zero-order valence-electron chi connectivity index (χ0n) is 16.5. The van der Waals surface area contributed by atoms with E-state index in [0.717, 1.165) is 11.7 Å². The minimum Gasteiger partial charge on any atom is -0.398 e. The van der Waals surface area contributed by atoms with Crippen molar-refractivity contribution >= 4 is 35.2 Å². The lowest BCUT2D eigenvalue weighted by atomic mass is 10.2. The van der Waals surface area contributed by atoms with Crippen molar-refractivity contribution in [3.63, 3.8) is 0 Å². The van der Waals surface area contributed by atoms with Gasteiger partial charge in [0.25, 0.3) is 5.91 Å². The monoisotopic (exact) mass is 389 g/mol. The molecule has 0 aliphatic heterocycles. The molecule has 0 atom stereocenters. The molecule has 0 aromatic heterocycles. The molecule has 0 unspecified atom stereocenters. The SMILES string of the molecule is CC.CC.N=Cc1cc(NC(=O)NNC(=O)c2cccc([NH2+]O)c2)ccc1N. The van der Waals surface area contributed by atoms with Gasteiger partial charge in [0, 0.05) is 40.8 Å². The van der Waals surface area contributed by atoms with Crippen LogP contribution in [0.15, 0.2) is 42.5 Å². The fourth-order valence-corrected chi connectivity index (χ4v) is 1.89. The van der Waals surface area contributed by atoms with E-state index in [9.17, 15) is 9.59 Å². The van der Waals surface area contributed by atoms with Crippen molar-refractivity contribution in [3.05, 3.63) is 53.6 Å². The van der Waals surface area contributed by atoms with Crippen molar-refractivity contribution in [1.82, 2.24) is 10.9 Å². The molecule has 2 aromatic carbocycles. The average molecular weight is 389 g/mol. The number of benzene rings is 2. The number of carbonyl (C=O) groups excluding carboxylic acids is 2. The Labute approximate surface area is 164 Å². The third kappa shape index (κ3) is 7.85. The summed E-state index contributed by atoms with van der Waals surface area (Å²) < 4.78 is 0. The van der Waals surface area contributed by atoms with Gasteiger partial charge in [-0.05, 0) is 24.3 Å². The van der Waals surface area contributed by atoms with Gasteiger partial charge in [-0.25, -0.2) is 15.4 Å². The van der Waals surface area contributed by atoms with Crippen LogP contribution in [0.4, 0.5) is 21.9 Å². The summed E-state index contributed by atoms with van der Waals surface area (Å²) >= 11 is 0. The van der Waals surface area contributed by atoms with Crippen molar-refractivity contribution in [1.29, 1.82) is 5.41 Å². The largest absolute Gasteiger partial charge is 0.398 e. The normalized spacial score (nSPS) is 8.89. The Morgan fingerprint density at radius 1 is 1.07 bits per heavy atom. The number of nitrogen functional groups attached to an aromatic ring is 1. The Morgan fingerprint density at radius 2 is 1.75 bits per heavy atom. The molecule has 3 amide bonds. The first-order valence-corrected chi connectivity index (χ1v) is 8.88. The number of hydrazine groups is 1. The number of amides is 3. The maximum atomic E-state index is 11.9. The number of anilines is 2. The molecule has 0 aliphatic carbocycles. The molecule has 152 valence electrons. The quantitative estimate of drug-likeness (QED) is 0.243. The Balaban J connectivity index is 0.00000171. The molecule has 0 radical (unpaired) electrons. The van der Waals surface area contributed by atoms with Gasteiger partial charge in [0.05, 0.1) is 0 Å². The molecule has 9 heteroatoms. The number of nitrogens with one attached hydrogen (secondary N) is 4. The van der Waals surface area contributed by atoms with E-state index in [4.69, 9.17) is 16.4 Å². The highest BCUT2D eigenvalue weighted by atomic mass is 16.5. The van der Waals surface area contributed by atoms with Crippen LogP contribution in [0.3, 0.4) is 0 Å². The smallest absolute Gasteiger partial charge is 0.337 e. The fourth-order valence-electron chi connectivity index (χ4n) is 1.89. The Bertz CT molecular complexity index is 780. The maximum Gasteiger partial charge on any atom is 0.337 e. The summed E-state index contributed by atoms with van der Waals surface area (Å²) in [5, 5.41) is 18.6. The Kier molecular flexibility index (Phi) is 12.0. The summed E-state index contributed by atoms with van der Waals surface area (Å²) in [5.74, 6) is -0.536. The predicted molar refractivity (Wildman–Crippen MR) is 111 cm³/mol. The number of quaternary nitrogens is 1. The highest BCUT2D eigenvalue weighted by Crippen LogP contribution is 2.15. The molecule has 0 bridgehead atoms. The second-order valence-corrected chi connectivity index (χ2v) is 4.78. The van der Waals surface area contributed by atoms with Crippen LogP contribution in [0, 0.1) is 5.41 Å². The van der Waals surface area contributed by atoms with Crippen LogP contribution >= 0.6 is 0 Å². The summed E-state index contributed by atoms with van der Waals surface area (Å²) in [5.41, 5.74) is 13.0. The third-order valence-corrected chi connectivity index (χ3v) is 3.09. The fraction of sp³-hybridized carbons (Fsp3) is 0.211. The number of urea groups is 1. The summed E-state index contributed by atoms with van der Waals surface area (Å²) in [4.78, 5) is 23.7. The first kappa shape index (κ1) is 24.6. The number of rotatable bonds is 4. The summed E-state index contributed by atoms with van der Waals surface area (Å²) in [6.07, 6.45) is 1.07. The lowest BCUT2D eigenvalue weighted by Crippen LogP contribution is -2.73. The first-order chi connectivity index (χ1) is 13.5. The molecular formula is C19H29N6O3+. The number of hydrogen-bond donors (Lipinski definition) is 7. The second-order valence-electron chi connectivity index (χ2n) is 4.78. The minimum atomic E-state index is -0.658. The van der Waals surface area contributed by atoms with Gasteiger partial charge in [-0.15, -0.1) is 0 Å². The molecule has 0 fully saturated rings. The van der Waals surface area contributed by atoms with E-state index in [0.29, 0.717) is 22.6 Å². The van der Waals surface area contributed by atoms with Gasteiger partial charge in [0.2, 0.25) is 0 Å². The van der Waals surface area contributed by atoms with Crippen molar-refractivity contribution in [2.75, 3.05) is 11.1 Å². The van der Waals surface area contributed by atoms with Crippen LogP contribution in [0.25, 0.3) is 0 Å². The van der Waals surface area contributed by atoms with Crippen molar-refractivity contribution in [2.24, 2.45) is 0 Å². The van der Waals surface area contributed by atoms with Crippen molar-refractivity contribution < 1.29 is 20.3 Å². The van der Waals surface area contributed by atoms with E-state index in [2.05, 4.69) is 16.2 Å². The highest BCUT2D eigenvalue weighted by molar-refractivity contribution is 5.98. The van der Waals surface area contributed by atoms with Gasteiger partial charge >= 0.3 is 6.03 Å². The average Bonchev–Trinajstić information content (AvgIpc) is 2.76. The number of carbonyl (C=O) groups is 2. The number of nitrogens with two attached hydrogens (primary N) is 2. The van der Waals surface area contributed by atoms with Gasteiger partial charge in [-0.3, -0.25) is 10.2 Å². The van der Waals surface area contributed by atoms with E-state index < -0.39 is 11.9 Å². The van der Waals surface area contributed by atoms with Crippen LogP contribution in [-0.4, -0.2) is 23.4 Å². The van der Waals surface area contributed by atoms with Gasteiger partial charge in [-0.1, -0.05) is 33.8 Å². The summed E-state index contributed by atoms with van der Waals surface area (Å²) in [6, 6.07) is 10.2. The number of hydrogen-bond acceptors (Lipinski definition) is 5. The van der Waals surface area contributed by atoms with Crippen LogP contribution in [0.1, 0.15) is 43.6 Å². The lowest BCUT2D eigenvalue weighted by Gasteiger charge is -2.10. The minimum absolute atomic E-state index is 0.275. The molecule has 0 saturated carbocycles. The predicted octanol–water partition coefficient (Wildman–Crippen LogP) is 2.37. The Morgan fingerprint density at radius 3 is 2.36 bits per heavy atom.